The fraction of sp³-hybridized carbons (Fsp3) is 0.889. The van der Waals surface area contributed by atoms with E-state index in [1.165, 1.54) is 4.90 Å². The highest BCUT2D eigenvalue weighted by Crippen LogP contribution is 2.30. The lowest BCUT2D eigenvalue weighted by molar-refractivity contribution is -0.129. The van der Waals surface area contributed by atoms with E-state index in [1.807, 2.05) is 7.05 Å². The summed E-state index contributed by atoms with van der Waals surface area (Å²) in [5.74, 6) is -0.926. The van der Waals surface area contributed by atoms with Crippen molar-refractivity contribution in [1.82, 2.24) is 10.2 Å². The highest BCUT2D eigenvalue weighted by atomic mass is 32.2. The molecule has 7 heteroatoms. The van der Waals surface area contributed by atoms with E-state index in [0.29, 0.717) is 19.1 Å². The molecule has 16 heavy (non-hydrogen) atoms. The van der Waals surface area contributed by atoms with Gasteiger partial charge in [0.15, 0.2) is 0 Å². The Balaban J connectivity index is 2.28. The molecule has 0 aromatic heterocycles. The number of rotatable bonds is 3. The van der Waals surface area contributed by atoms with Gasteiger partial charge in [-0.2, -0.15) is 13.2 Å². The Hall–Kier alpha value is -0.430. The topological polar surface area (TPSA) is 32.3 Å². The van der Waals surface area contributed by atoms with Gasteiger partial charge in [-0.1, -0.05) is 0 Å². The van der Waals surface area contributed by atoms with Crippen molar-refractivity contribution in [3.05, 3.63) is 0 Å². The molecule has 1 N–H and O–H groups in total. The summed E-state index contributed by atoms with van der Waals surface area (Å²) in [5, 5.41) is 3.10. The SMILES string of the molecule is CNC1CCN(C(=O)CSC(F)(F)F)CC1. The number of thioether (sulfide) groups is 1. The van der Waals surface area contributed by atoms with Gasteiger partial charge in [0.25, 0.3) is 0 Å². The predicted molar refractivity (Wildman–Crippen MR) is 57.2 cm³/mol. The Labute approximate surface area is 96.7 Å². The fourth-order valence-electron chi connectivity index (χ4n) is 1.65. The Morgan fingerprint density at radius 1 is 1.44 bits per heavy atom. The number of likely N-dealkylation sites (tertiary alicyclic amines) is 1. The van der Waals surface area contributed by atoms with Gasteiger partial charge in [-0.25, -0.2) is 0 Å². The minimum absolute atomic E-state index is 0.265. The van der Waals surface area contributed by atoms with Crippen LogP contribution < -0.4 is 5.32 Å². The van der Waals surface area contributed by atoms with Gasteiger partial charge in [0, 0.05) is 19.1 Å². The van der Waals surface area contributed by atoms with Crippen molar-refractivity contribution in [1.29, 1.82) is 0 Å². The first-order valence-corrected chi connectivity index (χ1v) is 6.06. The first kappa shape index (κ1) is 13.6. The average Bonchev–Trinajstić information content (AvgIpc) is 2.25. The van der Waals surface area contributed by atoms with E-state index in [0.717, 1.165) is 12.8 Å². The van der Waals surface area contributed by atoms with Gasteiger partial charge in [0.1, 0.15) is 0 Å². The molecule has 0 radical (unpaired) electrons. The fourth-order valence-corrected chi connectivity index (χ4v) is 2.12. The van der Waals surface area contributed by atoms with Crippen LogP contribution in [0.15, 0.2) is 0 Å². The molecule has 94 valence electrons. The van der Waals surface area contributed by atoms with Gasteiger partial charge in [-0.05, 0) is 31.7 Å². The lowest BCUT2D eigenvalue weighted by Gasteiger charge is -2.31. The third-order valence-electron chi connectivity index (χ3n) is 2.62. The van der Waals surface area contributed by atoms with Crippen molar-refractivity contribution in [3.63, 3.8) is 0 Å². The second-order valence-corrected chi connectivity index (χ2v) is 4.72. The van der Waals surface area contributed by atoms with Crippen molar-refractivity contribution in [2.45, 2.75) is 24.4 Å². The summed E-state index contributed by atoms with van der Waals surface area (Å²) in [6.07, 6.45) is 1.61. The smallest absolute Gasteiger partial charge is 0.342 e. The molecule has 1 aliphatic heterocycles. The van der Waals surface area contributed by atoms with Gasteiger partial charge >= 0.3 is 5.51 Å². The second kappa shape index (κ2) is 5.77. The predicted octanol–water partition coefficient (Wildman–Crippen LogP) is 1.45. The first-order valence-electron chi connectivity index (χ1n) is 5.08. The van der Waals surface area contributed by atoms with Gasteiger partial charge in [0.2, 0.25) is 5.91 Å². The minimum Gasteiger partial charge on any atom is -0.342 e. The zero-order valence-electron chi connectivity index (χ0n) is 9.01. The molecule has 0 aromatic rings. The summed E-state index contributed by atoms with van der Waals surface area (Å²) in [6, 6.07) is 0.374. The summed E-state index contributed by atoms with van der Waals surface area (Å²) >= 11 is -0.265. The number of alkyl halides is 3. The third kappa shape index (κ3) is 4.61. The Morgan fingerprint density at radius 3 is 2.44 bits per heavy atom. The van der Waals surface area contributed by atoms with Crippen LogP contribution >= 0.6 is 11.8 Å². The van der Waals surface area contributed by atoms with Gasteiger partial charge < -0.3 is 10.2 Å². The van der Waals surface area contributed by atoms with E-state index in [9.17, 15) is 18.0 Å². The monoisotopic (exact) mass is 256 g/mol. The van der Waals surface area contributed by atoms with E-state index < -0.39 is 17.2 Å². The lowest BCUT2D eigenvalue weighted by Crippen LogP contribution is -2.44. The number of nitrogens with zero attached hydrogens (tertiary/aromatic N) is 1. The summed E-state index contributed by atoms with van der Waals surface area (Å²) in [7, 11) is 1.85. The van der Waals surface area contributed by atoms with Crippen LogP contribution in [-0.4, -0.2) is 48.2 Å². The van der Waals surface area contributed by atoms with Crippen molar-refractivity contribution < 1.29 is 18.0 Å². The maximum Gasteiger partial charge on any atom is 0.442 e. The maximum atomic E-state index is 11.9. The summed E-state index contributed by atoms with van der Waals surface area (Å²) in [4.78, 5) is 12.9. The third-order valence-corrected chi connectivity index (χ3v) is 3.33. The number of hydrogen-bond donors (Lipinski definition) is 1. The zero-order chi connectivity index (χ0) is 12.2. The molecule has 0 unspecified atom stereocenters. The summed E-state index contributed by atoms with van der Waals surface area (Å²) in [5.41, 5.74) is -4.32. The number of nitrogens with one attached hydrogen (secondary N) is 1. The normalized spacial score (nSPS) is 18.9. The van der Waals surface area contributed by atoms with Crippen molar-refractivity contribution in [3.8, 4) is 0 Å². The Morgan fingerprint density at radius 2 is 2.00 bits per heavy atom. The average molecular weight is 256 g/mol. The maximum absolute atomic E-state index is 11.9. The highest BCUT2D eigenvalue weighted by Gasteiger charge is 2.31. The quantitative estimate of drug-likeness (QED) is 0.829. The number of carbonyl (C=O) groups is 1. The second-order valence-electron chi connectivity index (χ2n) is 3.68. The molecule has 1 saturated heterocycles. The number of halogens is 3. The number of amides is 1. The van der Waals surface area contributed by atoms with Crippen LogP contribution in [0, 0.1) is 0 Å². The molecule has 3 nitrogen and oxygen atoms in total. The van der Waals surface area contributed by atoms with Crippen LogP contribution in [0.25, 0.3) is 0 Å². The summed E-state index contributed by atoms with van der Waals surface area (Å²) < 4.78 is 35.6. The Bertz CT molecular complexity index is 239. The van der Waals surface area contributed by atoms with Crippen LogP contribution in [0.3, 0.4) is 0 Å². The van der Waals surface area contributed by atoms with E-state index in [2.05, 4.69) is 5.32 Å². The minimum atomic E-state index is -4.32. The Kier molecular flexibility index (Phi) is 4.91. The molecule has 0 aromatic carbocycles. The summed E-state index contributed by atoms with van der Waals surface area (Å²) in [6.45, 7) is 1.09. The lowest BCUT2D eigenvalue weighted by atomic mass is 10.1. The van der Waals surface area contributed by atoms with Gasteiger partial charge in [-0.3, -0.25) is 4.79 Å². The van der Waals surface area contributed by atoms with E-state index >= 15 is 0 Å². The molecule has 0 spiro atoms. The molecule has 1 heterocycles. The molecule has 0 aliphatic carbocycles. The van der Waals surface area contributed by atoms with Crippen molar-refractivity contribution in [2.75, 3.05) is 25.9 Å². The van der Waals surface area contributed by atoms with Gasteiger partial charge in [-0.15, -0.1) is 0 Å². The van der Waals surface area contributed by atoms with E-state index in [-0.39, 0.29) is 11.8 Å². The standard InChI is InChI=1S/C9H15F3N2OS/c1-13-7-2-4-14(5-3-7)8(15)6-16-9(10,11)12/h7,13H,2-6H2,1H3. The first-order chi connectivity index (χ1) is 7.42. The largest absolute Gasteiger partial charge is 0.442 e. The number of carbonyl (C=O) groups excluding carboxylic acids is 1. The molecule has 0 bridgehead atoms. The highest BCUT2D eigenvalue weighted by molar-refractivity contribution is 8.00. The van der Waals surface area contributed by atoms with Crippen LogP contribution in [0.2, 0.25) is 0 Å². The van der Waals surface area contributed by atoms with Crippen molar-refractivity contribution in [2.24, 2.45) is 0 Å². The molecule has 1 rings (SSSR count). The molecular weight excluding hydrogens is 241 g/mol. The molecule has 0 atom stereocenters. The van der Waals surface area contributed by atoms with Crippen LogP contribution in [0.5, 0.6) is 0 Å². The van der Waals surface area contributed by atoms with E-state index in [1.54, 1.807) is 0 Å². The van der Waals surface area contributed by atoms with Gasteiger partial charge in [0.05, 0.1) is 5.75 Å². The molecular formula is C9H15F3N2OS. The zero-order valence-corrected chi connectivity index (χ0v) is 9.83. The van der Waals surface area contributed by atoms with E-state index in [4.69, 9.17) is 0 Å². The van der Waals surface area contributed by atoms with Crippen LogP contribution in [0.4, 0.5) is 13.2 Å². The van der Waals surface area contributed by atoms with Crippen LogP contribution in [-0.2, 0) is 4.79 Å². The molecule has 1 aliphatic rings. The molecule has 1 amide bonds. The number of hydrogen-bond acceptors (Lipinski definition) is 3. The van der Waals surface area contributed by atoms with Crippen LogP contribution in [0.1, 0.15) is 12.8 Å². The van der Waals surface area contributed by atoms with Crippen molar-refractivity contribution >= 4 is 17.7 Å². The number of piperidine rings is 1. The molecule has 1 fully saturated rings. The molecule has 0 saturated carbocycles.